The third kappa shape index (κ3) is 3.76. The third-order valence-electron chi connectivity index (χ3n) is 5.21. The minimum absolute atomic E-state index is 0.0595. The van der Waals surface area contributed by atoms with Crippen molar-refractivity contribution in [2.24, 2.45) is 0 Å². The molecule has 0 spiro atoms. The summed E-state index contributed by atoms with van der Waals surface area (Å²) < 4.78 is 16.3. The highest BCUT2D eigenvalue weighted by Crippen LogP contribution is 2.41. The van der Waals surface area contributed by atoms with Gasteiger partial charge in [0.2, 0.25) is 5.91 Å². The molecular weight excluding hydrogens is 366 g/mol. The minimum atomic E-state index is -0.200. The zero-order valence-electron chi connectivity index (χ0n) is 16.5. The molecule has 0 N–H and O–H groups in total. The molecule has 1 unspecified atom stereocenters. The van der Waals surface area contributed by atoms with Crippen molar-refractivity contribution in [1.82, 2.24) is 4.90 Å². The number of ether oxygens (including phenoxy) is 2. The SMILES string of the molecule is COc1cc2c(cc1OC)C(c1ccccc1)N(C(=O)/C=C/c1ccco1)CC2. The minimum Gasteiger partial charge on any atom is -0.493 e. The number of hydrogen-bond acceptors (Lipinski definition) is 4. The van der Waals surface area contributed by atoms with E-state index in [2.05, 4.69) is 0 Å². The molecule has 1 atom stereocenters. The Labute approximate surface area is 170 Å². The topological polar surface area (TPSA) is 51.9 Å². The monoisotopic (exact) mass is 389 g/mol. The first-order valence-electron chi connectivity index (χ1n) is 9.53. The van der Waals surface area contributed by atoms with E-state index >= 15 is 0 Å². The Balaban J connectivity index is 1.76. The first-order chi connectivity index (χ1) is 14.2. The van der Waals surface area contributed by atoms with Gasteiger partial charge >= 0.3 is 0 Å². The molecule has 3 aromatic rings. The fraction of sp³-hybridized carbons (Fsp3) is 0.208. The Kier molecular flexibility index (Phi) is 5.38. The molecule has 0 saturated heterocycles. The lowest BCUT2D eigenvalue weighted by Gasteiger charge is -2.37. The van der Waals surface area contributed by atoms with Gasteiger partial charge in [0.05, 0.1) is 26.5 Å². The summed E-state index contributed by atoms with van der Waals surface area (Å²) in [5, 5.41) is 0. The maximum atomic E-state index is 13.1. The maximum Gasteiger partial charge on any atom is 0.247 e. The fourth-order valence-corrected chi connectivity index (χ4v) is 3.81. The Morgan fingerprint density at radius 2 is 1.83 bits per heavy atom. The Bertz CT molecular complexity index is 1010. The van der Waals surface area contributed by atoms with Gasteiger partial charge in [0.1, 0.15) is 5.76 Å². The van der Waals surface area contributed by atoms with Crippen molar-refractivity contribution in [3.63, 3.8) is 0 Å². The molecule has 0 aliphatic carbocycles. The molecule has 4 rings (SSSR count). The lowest BCUT2D eigenvalue weighted by molar-refractivity contribution is -0.127. The fourth-order valence-electron chi connectivity index (χ4n) is 3.81. The molecule has 2 aromatic carbocycles. The van der Waals surface area contributed by atoms with Gasteiger partial charge in [0, 0.05) is 12.6 Å². The summed E-state index contributed by atoms with van der Waals surface area (Å²) in [6.07, 6.45) is 5.61. The van der Waals surface area contributed by atoms with Gasteiger partial charge in [-0.2, -0.15) is 0 Å². The second-order valence-electron chi connectivity index (χ2n) is 6.85. The molecule has 0 saturated carbocycles. The van der Waals surface area contributed by atoms with Crippen LogP contribution in [0.25, 0.3) is 6.08 Å². The van der Waals surface area contributed by atoms with Crippen LogP contribution in [0.1, 0.15) is 28.5 Å². The van der Waals surface area contributed by atoms with Gasteiger partial charge in [-0.15, -0.1) is 0 Å². The van der Waals surface area contributed by atoms with Gasteiger partial charge in [-0.1, -0.05) is 30.3 Å². The highest BCUT2D eigenvalue weighted by molar-refractivity contribution is 5.92. The summed E-state index contributed by atoms with van der Waals surface area (Å²) in [7, 11) is 3.26. The van der Waals surface area contributed by atoms with Crippen LogP contribution in [0.2, 0.25) is 0 Å². The largest absolute Gasteiger partial charge is 0.493 e. The van der Waals surface area contributed by atoms with Crippen molar-refractivity contribution in [1.29, 1.82) is 0 Å². The standard InChI is InChI=1S/C24H23NO4/c1-27-21-15-18-12-13-25(23(26)11-10-19-9-6-14-29-19)24(17-7-4-3-5-8-17)20(18)16-22(21)28-2/h3-11,14-16,24H,12-13H2,1-2H3/b11-10+. The van der Waals surface area contributed by atoms with E-state index in [1.165, 1.54) is 0 Å². The van der Waals surface area contributed by atoms with E-state index in [0.29, 0.717) is 23.8 Å². The molecule has 5 nitrogen and oxygen atoms in total. The molecule has 2 heterocycles. The van der Waals surface area contributed by atoms with Gasteiger partial charge in [-0.05, 0) is 53.5 Å². The number of amides is 1. The van der Waals surface area contributed by atoms with E-state index in [1.807, 2.05) is 53.4 Å². The zero-order valence-corrected chi connectivity index (χ0v) is 16.5. The van der Waals surface area contributed by atoms with E-state index in [1.54, 1.807) is 38.7 Å². The van der Waals surface area contributed by atoms with Crippen molar-refractivity contribution < 1.29 is 18.7 Å². The van der Waals surface area contributed by atoms with E-state index < -0.39 is 0 Å². The van der Waals surface area contributed by atoms with Crippen LogP contribution in [0.15, 0.2) is 71.4 Å². The van der Waals surface area contributed by atoms with Gasteiger partial charge in [0.25, 0.3) is 0 Å². The van der Waals surface area contributed by atoms with Crippen molar-refractivity contribution in [2.75, 3.05) is 20.8 Å². The second-order valence-corrected chi connectivity index (χ2v) is 6.85. The molecule has 1 amide bonds. The Morgan fingerprint density at radius 1 is 1.07 bits per heavy atom. The van der Waals surface area contributed by atoms with Crippen LogP contribution in [-0.2, 0) is 11.2 Å². The number of carbonyl (C=O) groups excluding carboxylic acids is 1. The summed E-state index contributed by atoms with van der Waals surface area (Å²) in [5.74, 6) is 1.96. The lowest BCUT2D eigenvalue weighted by Crippen LogP contribution is -2.39. The van der Waals surface area contributed by atoms with Gasteiger partial charge in [0.15, 0.2) is 11.5 Å². The normalized spacial score (nSPS) is 15.9. The van der Waals surface area contributed by atoms with E-state index in [-0.39, 0.29) is 11.9 Å². The molecule has 1 aliphatic rings. The third-order valence-corrected chi connectivity index (χ3v) is 5.21. The van der Waals surface area contributed by atoms with Crippen molar-refractivity contribution in [3.8, 4) is 11.5 Å². The first-order valence-corrected chi connectivity index (χ1v) is 9.53. The molecule has 5 heteroatoms. The number of fused-ring (bicyclic) bond motifs is 1. The summed E-state index contributed by atoms with van der Waals surface area (Å²) in [5.41, 5.74) is 3.27. The molecule has 0 fully saturated rings. The van der Waals surface area contributed by atoms with Crippen molar-refractivity contribution in [2.45, 2.75) is 12.5 Å². The smallest absolute Gasteiger partial charge is 0.247 e. The summed E-state index contributed by atoms with van der Waals surface area (Å²) in [4.78, 5) is 15.0. The van der Waals surface area contributed by atoms with Crippen LogP contribution in [0.4, 0.5) is 0 Å². The quantitative estimate of drug-likeness (QED) is 0.604. The average Bonchev–Trinajstić information content (AvgIpc) is 3.30. The first kappa shape index (κ1) is 18.9. The maximum absolute atomic E-state index is 13.1. The number of furan rings is 1. The van der Waals surface area contributed by atoms with Crippen molar-refractivity contribution >= 4 is 12.0 Å². The second kappa shape index (κ2) is 8.27. The molecule has 148 valence electrons. The highest BCUT2D eigenvalue weighted by Gasteiger charge is 2.32. The molecule has 0 radical (unpaired) electrons. The molecular formula is C24H23NO4. The number of methoxy groups -OCH3 is 2. The van der Waals surface area contributed by atoms with Crippen LogP contribution in [0.5, 0.6) is 11.5 Å². The van der Waals surface area contributed by atoms with E-state index in [0.717, 1.165) is 23.1 Å². The number of carbonyl (C=O) groups is 1. The summed E-state index contributed by atoms with van der Waals surface area (Å²) >= 11 is 0. The average molecular weight is 389 g/mol. The number of benzene rings is 2. The summed E-state index contributed by atoms with van der Waals surface area (Å²) in [6, 6.07) is 17.5. The van der Waals surface area contributed by atoms with Gasteiger partial charge < -0.3 is 18.8 Å². The predicted molar refractivity (Wildman–Crippen MR) is 111 cm³/mol. The predicted octanol–water partition coefficient (Wildman–Crippen LogP) is 4.48. The van der Waals surface area contributed by atoms with Crippen molar-refractivity contribution in [3.05, 3.63) is 89.4 Å². The summed E-state index contributed by atoms with van der Waals surface area (Å²) in [6.45, 7) is 0.614. The van der Waals surface area contributed by atoms with E-state index in [4.69, 9.17) is 13.9 Å². The van der Waals surface area contributed by atoms with E-state index in [9.17, 15) is 4.79 Å². The molecule has 0 bridgehead atoms. The molecule has 1 aromatic heterocycles. The number of nitrogens with zero attached hydrogens (tertiary/aromatic N) is 1. The van der Waals surface area contributed by atoms with Crippen LogP contribution >= 0.6 is 0 Å². The highest BCUT2D eigenvalue weighted by atomic mass is 16.5. The van der Waals surface area contributed by atoms with Gasteiger partial charge in [-0.3, -0.25) is 4.79 Å². The Hall–Kier alpha value is -3.47. The lowest BCUT2D eigenvalue weighted by atomic mass is 9.87. The molecule has 1 aliphatic heterocycles. The molecule has 29 heavy (non-hydrogen) atoms. The van der Waals surface area contributed by atoms with Crippen LogP contribution in [0.3, 0.4) is 0 Å². The number of hydrogen-bond donors (Lipinski definition) is 0. The van der Waals surface area contributed by atoms with Crippen LogP contribution in [0, 0.1) is 0 Å². The zero-order chi connectivity index (χ0) is 20.2. The van der Waals surface area contributed by atoms with Gasteiger partial charge in [-0.25, -0.2) is 0 Å². The number of rotatable bonds is 5. The van der Waals surface area contributed by atoms with Crippen LogP contribution in [-0.4, -0.2) is 31.6 Å². The Morgan fingerprint density at radius 3 is 2.52 bits per heavy atom. The van der Waals surface area contributed by atoms with Crippen LogP contribution < -0.4 is 9.47 Å².